The van der Waals surface area contributed by atoms with Gasteiger partial charge in [0.25, 0.3) is 0 Å². The number of carbonyl (C=O) groups is 6. The van der Waals surface area contributed by atoms with Gasteiger partial charge in [0.05, 0.1) is 0 Å². The second kappa shape index (κ2) is 67.4. The van der Waals surface area contributed by atoms with Crippen LogP contribution in [-0.4, -0.2) is 49.9 Å². The number of unbranched alkanes of at least 4 members (excludes halogenated alkanes) is 2. The molecule has 0 aliphatic carbocycles. The zero-order chi connectivity index (χ0) is 21.4. The number of aliphatic hydroxyl groups is 1. The van der Waals surface area contributed by atoms with Crippen LogP contribution in [0.25, 0.3) is 0 Å². The summed E-state index contributed by atoms with van der Waals surface area (Å²) in [6, 6.07) is 0. The van der Waals surface area contributed by atoms with E-state index in [0.29, 0.717) is 25.7 Å². The lowest BCUT2D eigenvalue weighted by Crippen LogP contribution is -1.82. The Labute approximate surface area is 152 Å². The lowest BCUT2D eigenvalue weighted by atomic mass is 10.3. The van der Waals surface area contributed by atoms with Gasteiger partial charge in [-0.25, -0.2) is 0 Å². The number of aldehydes is 5. The van der Waals surface area contributed by atoms with Crippen LogP contribution in [0.15, 0.2) is 0 Å². The van der Waals surface area contributed by atoms with Gasteiger partial charge in [0.1, 0.15) is 38.2 Å². The Bertz CT molecular complexity index is 242. The highest BCUT2D eigenvalue weighted by atomic mass is 16.3. The number of hydrogen-bond donors (Lipinski definition) is 1. The van der Waals surface area contributed by atoms with Gasteiger partial charge >= 0.3 is 0 Å². The molecule has 0 fully saturated rings. The van der Waals surface area contributed by atoms with Gasteiger partial charge in [0, 0.05) is 31.8 Å². The number of aliphatic hydroxyl groups excluding tert-OH is 1. The summed E-state index contributed by atoms with van der Waals surface area (Å²) in [7, 11) is 0. The molecule has 0 spiro atoms. The minimum absolute atomic E-state index is 0.124. The molecule has 0 aromatic carbocycles. The maximum Gasteiger partial charge on any atom is 0.122 e. The number of rotatable bonds is 7. The zero-order valence-corrected chi connectivity index (χ0v) is 16.3. The number of hydrogen-bond acceptors (Lipinski definition) is 7. The molecule has 0 amide bonds. The van der Waals surface area contributed by atoms with E-state index in [1.807, 2.05) is 34.5 Å². The molecule has 7 heteroatoms. The predicted octanol–water partition coefficient (Wildman–Crippen LogP) is 2.40. The van der Waals surface area contributed by atoms with E-state index in [-0.39, 0.29) is 12.5 Å². The van der Waals surface area contributed by atoms with Crippen LogP contribution in [0.4, 0.5) is 0 Å². The minimum atomic E-state index is 0.124. The Morgan fingerprint density at radius 3 is 1.24 bits per heavy atom. The maximum absolute atomic E-state index is 9.50. The summed E-state index contributed by atoms with van der Waals surface area (Å²) in [6.45, 7) is 11.1. The SMILES string of the molecule is C=O.CC(C)C=O.CC=O.CCC=O.CCCC=O.O=CCCCO. The van der Waals surface area contributed by atoms with Crippen LogP contribution in [0.1, 0.15) is 66.7 Å². The van der Waals surface area contributed by atoms with Gasteiger partial charge in [-0.3, -0.25) is 0 Å². The molecular weight excluding hydrogens is 328 g/mol. The van der Waals surface area contributed by atoms with Crippen molar-refractivity contribution in [1.29, 1.82) is 0 Å². The van der Waals surface area contributed by atoms with E-state index in [0.717, 1.165) is 37.9 Å². The fourth-order valence-electron chi connectivity index (χ4n) is 0.292. The third kappa shape index (κ3) is 245. The molecular formula is C18H36O7. The van der Waals surface area contributed by atoms with Crippen molar-refractivity contribution in [3.63, 3.8) is 0 Å². The highest BCUT2D eigenvalue weighted by Crippen LogP contribution is 1.78. The van der Waals surface area contributed by atoms with Crippen molar-refractivity contribution in [2.75, 3.05) is 6.61 Å². The van der Waals surface area contributed by atoms with Crippen LogP contribution in [0.5, 0.6) is 0 Å². The van der Waals surface area contributed by atoms with Crippen LogP contribution in [-0.2, 0) is 28.8 Å². The van der Waals surface area contributed by atoms with Crippen molar-refractivity contribution >= 4 is 38.2 Å². The van der Waals surface area contributed by atoms with E-state index < -0.39 is 0 Å². The fourth-order valence-corrected chi connectivity index (χ4v) is 0.292. The third-order valence-electron chi connectivity index (χ3n) is 1.33. The Kier molecular flexibility index (Phi) is 104. The summed E-state index contributed by atoms with van der Waals surface area (Å²) >= 11 is 0. The summed E-state index contributed by atoms with van der Waals surface area (Å²) in [5, 5.41) is 8.04. The van der Waals surface area contributed by atoms with Crippen LogP contribution >= 0.6 is 0 Å². The van der Waals surface area contributed by atoms with E-state index in [4.69, 9.17) is 14.7 Å². The molecule has 0 aromatic rings. The van der Waals surface area contributed by atoms with Crippen LogP contribution in [0, 0.1) is 5.92 Å². The van der Waals surface area contributed by atoms with E-state index >= 15 is 0 Å². The first-order valence-corrected chi connectivity index (χ1v) is 7.99. The quantitative estimate of drug-likeness (QED) is 0.543. The molecule has 0 bridgehead atoms. The molecule has 0 aromatic heterocycles. The van der Waals surface area contributed by atoms with Gasteiger partial charge in [0.15, 0.2) is 0 Å². The maximum atomic E-state index is 9.50. The van der Waals surface area contributed by atoms with Gasteiger partial charge in [-0.2, -0.15) is 0 Å². The first kappa shape index (κ1) is 38.5. The standard InChI is InChI=1S/C4H8O2.2C4H8O.C3H6O.C2H4O.CH2O/c5-3-1-2-4-6;1-4(2)3-5;1-2-3-4-5;1-2-3-4;1-2-3;1-2/h3,6H,1-2,4H2;3-4H,1-2H3;4H,2-3H2,1H3;3H,2H2,1H3;2H,1H3;1H2. The first-order valence-electron chi connectivity index (χ1n) is 7.99. The molecule has 0 radical (unpaired) electrons. The van der Waals surface area contributed by atoms with Crippen molar-refractivity contribution in [3.05, 3.63) is 0 Å². The molecule has 7 nitrogen and oxygen atoms in total. The average molecular weight is 364 g/mol. The van der Waals surface area contributed by atoms with Crippen LogP contribution in [0.3, 0.4) is 0 Å². The van der Waals surface area contributed by atoms with Crippen molar-refractivity contribution < 1.29 is 33.9 Å². The summed E-state index contributed by atoms with van der Waals surface area (Å²) in [5.41, 5.74) is 0. The molecule has 0 atom stereocenters. The molecule has 25 heavy (non-hydrogen) atoms. The summed E-state index contributed by atoms with van der Waals surface area (Å²) in [6.07, 6.45) is 7.68. The predicted molar refractivity (Wildman–Crippen MR) is 99.5 cm³/mol. The van der Waals surface area contributed by atoms with Gasteiger partial charge in [-0.05, 0) is 19.8 Å². The topological polar surface area (TPSA) is 123 Å². The van der Waals surface area contributed by atoms with Gasteiger partial charge in [0.2, 0.25) is 0 Å². The minimum Gasteiger partial charge on any atom is -0.396 e. The van der Waals surface area contributed by atoms with Crippen molar-refractivity contribution in [2.45, 2.75) is 66.7 Å². The van der Waals surface area contributed by atoms with Crippen molar-refractivity contribution in [3.8, 4) is 0 Å². The van der Waals surface area contributed by atoms with E-state index in [2.05, 4.69) is 0 Å². The zero-order valence-electron chi connectivity index (χ0n) is 16.3. The Morgan fingerprint density at radius 1 is 0.880 bits per heavy atom. The molecule has 0 saturated carbocycles. The smallest absolute Gasteiger partial charge is 0.122 e. The molecule has 0 heterocycles. The Balaban J connectivity index is -0.0000000447. The summed E-state index contributed by atoms with van der Waals surface area (Å²) in [5.74, 6) is 0.204. The lowest BCUT2D eigenvalue weighted by molar-refractivity contribution is -0.110. The highest BCUT2D eigenvalue weighted by Gasteiger charge is 1.79. The average Bonchev–Trinajstić information content (AvgIpc) is 2.64. The van der Waals surface area contributed by atoms with E-state index in [9.17, 15) is 19.2 Å². The molecule has 0 rings (SSSR count). The third-order valence-corrected chi connectivity index (χ3v) is 1.33. The summed E-state index contributed by atoms with van der Waals surface area (Å²) in [4.78, 5) is 54.3. The van der Waals surface area contributed by atoms with E-state index in [1.54, 1.807) is 0 Å². The first-order chi connectivity index (χ1) is 11.9. The molecule has 150 valence electrons. The van der Waals surface area contributed by atoms with Gasteiger partial charge in [-0.15, -0.1) is 0 Å². The van der Waals surface area contributed by atoms with Gasteiger partial charge in [-0.1, -0.05) is 27.7 Å². The van der Waals surface area contributed by atoms with Crippen LogP contribution < -0.4 is 0 Å². The Hall–Kier alpha value is -2.02. The van der Waals surface area contributed by atoms with Crippen molar-refractivity contribution in [1.82, 2.24) is 0 Å². The van der Waals surface area contributed by atoms with E-state index in [1.165, 1.54) is 6.92 Å². The normalized spacial score (nSPS) is 6.84. The monoisotopic (exact) mass is 364 g/mol. The molecule has 0 saturated heterocycles. The summed E-state index contributed by atoms with van der Waals surface area (Å²) < 4.78 is 0. The molecule has 1 N–H and O–H groups in total. The lowest BCUT2D eigenvalue weighted by Gasteiger charge is -1.79. The molecule has 0 unspecified atom stereocenters. The second-order valence-corrected chi connectivity index (χ2v) is 4.18. The molecule has 0 aliphatic rings. The number of carbonyl (C=O) groups excluding carboxylic acids is 6. The highest BCUT2D eigenvalue weighted by molar-refractivity contribution is 5.51. The van der Waals surface area contributed by atoms with Crippen LogP contribution in [0.2, 0.25) is 0 Å². The fraction of sp³-hybridized carbons (Fsp3) is 0.667. The second-order valence-electron chi connectivity index (χ2n) is 4.18. The Morgan fingerprint density at radius 2 is 1.20 bits per heavy atom. The van der Waals surface area contributed by atoms with Crippen molar-refractivity contribution in [2.24, 2.45) is 5.92 Å². The largest absolute Gasteiger partial charge is 0.396 e. The van der Waals surface area contributed by atoms with Gasteiger partial charge < -0.3 is 33.9 Å². The molecule has 0 aliphatic heterocycles.